The third-order valence-electron chi connectivity index (χ3n) is 2.67. The van der Waals surface area contributed by atoms with Gasteiger partial charge in [0, 0.05) is 22.4 Å². The van der Waals surface area contributed by atoms with Gasteiger partial charge in [-0.1, -0.05) is 23.7 Å². The molecule has 0 saturated heterocycles. The molecule has 5 heteroatoms. The number of benzene rings is 1. The molecule has 0 spiro atoms. The molecule has 0 aliphatic rings. The maximum absolute atomic E-state index is 11.0. The van der Waals surface area contributed by atoms with Gasteiger partial charge in [0.1, 0.15) is 0 Å². The number of aryl methyl sites for hydroxylation is 1. The molecule has 0 saturated carbocycles. The lowest BCUT2D eigenvalue weighted by atomic mass is 10.2. The Morgan fingerprint density at radius 3 is 3.05 bits per heavy atom. The number of rotatable bonds is 5. The molecule has 0 unspecified atom stereocenters. The van der Waals surface area contributed by atoms with E-state index in [0.29, 0.717) is 11.4 Å². The maximum atomic E-state index is 11.0. The summed E-state index contributed by atoms with van der Waals surface area (Å²) in [5.74, 6) is -0.174. The maximum Gasteiger partial charge on any atom is 0.305 e. The average Bonchev–Trinajstić information content (AvgIpc) is 2.87. The lowest BCUT2D eigenvalue weighted by Gasteiger charge is -1.98. The fourth-order valence-electron chi connectivity index (χ4n) is 1.69. The zero-order valence-electron chi connectivity index (χ0n) is 10.6. The third kappa shape index (κ3) is 4.04. The molecule has 100 valence electrons. The molecule has 3 nitrogen and oxygen atoms in total. The molecule has 1 aromatic carbocycles. The zero-order chi connectivity index (χ0) is 13.7. The van der Waals surface area contributed by atoms with Crippen molar-refractivity contribution in [2.24, 2.45) is 0 Å². The van der Waals surface area contributed by atoms with Crippen LogP contribution in [0.5, 0.6) is 0 Å². The normalized spacial score (nSPS) is 10.4. The number of halogens is 1. The van der Waals surface area contributed by atoms with Crippen molar-refractivity contribution in [2.45, 2.75) is 19.3 Å². The summed E-state index contributed by atoms with van der Waals surface area (Å²) in [5.41, 5.74) is 1.95. The number of hydrogen-bond acceptors (Lipinski definition) is 4. The summed E-state index contributed by atoms with van der Waals surface area (Å²) >= 11 is 7.56. The summed E-state index contributed by atoms with van der Waals surface area (Å²) < 4.78 is 4.61. The highest BCUT2D eigenvalue weighted by atomic mass is 35.5. The molecule has 0 aliphatic heterocycles. The largest absolute Gasteiger partial charge is 0.469 e. The molecule has 0 atom stereocenters. The molecule has 2 rings (SSSR count). The number of hydrogen-bond donors (Lipinski definition) is 0. The van der Waals surface area contributed by atoms with Gasteiger partial charge in [-0.25, -0.2) is 4.98 Å². The predicted octanol–water partition coefficient (Wildman–Crippen LogP) is 3.96. The standard InChI is InChI=1S/C14H14ClNO2S/c1-18-14(17)7-3-6-13-16-12(9-19-13)10-4-2-5-11(15)8-10/h2,4-5,8-9H,3,6-7H2,1H3. The van der Waals surface area contributed by atoms with Crippen molar-refractivity contribution < 1.29 is 9.53 Å². The minimum atomic E-state index is -0.174. The molecule has 1 aromatic heterocycles. The van der Waals surface area contributed by atoms with E-state index in [4.69, 9.17) is 11.6 Å². The molecular weight excluding hydrogens is 282 g/mol. The molecular formula is C14H14ClNO2S. The van der Waals surface area contributed by atoms with Crippen molar-refractivity contribution >= 4 is 28.9 Å². The molecule has 19 heavy (non-hydrogen) atoms. The molecule has 0 N–H and O–H groups in total. The summed E-state index contributed by atoms with van der Waals surface area (Å²) in [7, 11) is 1.41. The fourth-order valence-corrected chi connectivity index (χ4v) is 2.73. The van der Waals surface area contributed by atoms with E-state index >= 15 is 0 Å². The Bertz CT molecular complexity index is 568. The van der Waals surface area contributed by atoms with Crippen molar-refractivity contribution in [3.8, 4) is 11.3 Å². The van der Waals surface area contributed by atoms with E-state index in [2.05, 4.69) is 9.72 Å². The summed E-state index contributed by atoms with van der Waals surface area (Å²) in [4.78, 5) is 15.6. The summed E-state index contributed by atoms with van der Waals surface area (Å²) in [6.45, 7) is 0. The van der Waals surface area contributed by atoms with Crippen molar-refractivity contribution in [2.75, 3.05) is 7.11 Å². The van der Waals surface area contributed by atoms with E-state index in [1.807, 2.05) is 29.6 Å². The van der Waals surface area contributed by atoms with Crippen LogP contribution in [0.1, 0.15) is 17.8 Å². The van der Waals surface area contributed by atoms with Gasteiger partial charge >= 0.3 is 5.97 Å². The Hall–Kier alpha value is -1.39. The smallest absolute Gasteiger partial charge is 0.305 e. The Balaban J connectivity index is 1.97. The van der Waals surface area contributed by atoms with Crippen LogP contribution >= 0.6 is 22.9 Å². The van der Waals surface area contributed by atoms with Gasteiger partial charge in [0.2, 0.25) is 0 Å². The van der Waals surface area contributed by atoms with Gasteiger partial charge in [0.15, 0.2) is 0 Å². The van der Waals surface area contributed by atoms with Gasteiger partial charge in [0.25, 0.3) is 0 Å². The van der Waals surface area contributed by atoms with E-state index in [1.165, 1.54) is 7.11 Å². The number of esters is 1. The second kappa shape index (κ2) is 6.68. The van der Waals surface area contributed by atoms with Crippen molar-refractivity contribution in [1.82, 2.24) is 4.98 Å². The lowest BCUT2D eigenvalue weighted by molar-refractivity contribution is -0.140. The Labute approximate surface area is 121 Å². The lowest BCUT2D eigenvalue weighted by Crippen LogP contribution is -2.00. The van der Waals surface area contributed by atoms with Crippen LogP contribution in [0.15, 0.2) is 29.6 Å². The van der Waals surface area contributed by atoms with Crippen molar-refractivity contribution in [1.29, 1.82) is 0 Å². The first-order valence-corrected chi connectivity index (χ1v) is 7.22. The number of nitrogens with zero attached hydrogens (tertiary/aromatic N) is 1. The van der Waals surface area contributed by atoms with Crippen LogP contribution < -0.4 is 0 Å². The number of carbonyl (C=O) groups excluding carboxylic acids is 1. The van der Waals surface area contributed by atoms with Crippen LogP contribution in [0.25, 0.3) is 11.3 Å². The second-order valence-corrected chi connectivity index (χ2v) is 5.45. The Kier molecular flexibility index (Phi) is 4.93. The zero-order valence-corrected chi connectivity index (χ0v) is 12.1. The quantitative estimate of drug-likeness (QED) is 0.784. The highest BCUT2D eigenvalue weighted by Crippen LogP contribution is 2.25. The molecule has 0 aliphatic carbocycles. The van der Waals surface area contributed by atoms with E-state index < -0.39 is 0 Å². The first kappa shape index (κ1) is 14.0. The van der Waals surface area contributed by atoms with E-state index in [-0.39, 0.29) is 5.97 Å². The van der Waals surface area contributed by atoms with E-state index in [1.54, 1.807) is 11.3 Å². The van der Waals surface area contributed by atoms with Crippen LogP contribution in [0.3, 0.4) is 0 Å². The first-order valence-electron chi connectivity index (χ1n) is 5.96. The van der Waals surface area contributed by atoms with Crippen LogP contribution in [0.2, 0.25) is 5.02 Å². The number of carbonyl (C=O) groups is 1. The highest BCUT2D eigenvalue weighted by molar-refractivity contribution is 7.09. The summed E-state index contributed by atoms with van der Waals surface area (Å²) in [5, 5.41) is 3.75. The van der Waals surface area contributed by atoms with Gasteiger partial charge in [-0.05, 0) is 25.0 Å². The average molecular weight is 296 g/mol. The molecule has 2 aromatic rings. The molecule has 0 amide bonds. The summed E-state index contributed by atoms with van der Waals surface area (Å²) in [6, 6.07) is 7.64. The van der Waals surface area contributed by atoms with E-state index in [9.17, 15) is 4.79 Å². The van der Waals surface area contributed by atoms with Crippen LogP contribution in [-0.2, 0) is 16.0 Å². The predicted molar refractivity (Wildman–Crippen MR) is 77.5 cm³/mol. The van der Waals surface area contributed by atoms with Gasteiger partial charge in [0.05, 0.1) is 17.8 Å². The Morgan fingerprint density at radius 1 is 1.47 bits per heavy atom. The number of aromatic nitrogens is 1. The van der Waals surface area contributed by atoms with Crippen LogP contribution in [-0.4, -0.2) is 18.1 Å². The van der Waals surface area contributed by atoms with Crippen LogP contribution in [0, 0.1) is 0 Å². The minimum Gasteiger partial charge on any atom is -0.469 e. The van der Waals surface area contributed by atoms with Gasteiger partial charge < -0.3 is 4.74 Å². The van der Waals surface area contributed by atoms with Gasteiger partial charge in [-0.3, -0.25) is 4.79 Å². The topological polar surface area (TPSA) is 39.2 Å². The third-order valence-corrected chi connectivity index (χ3v) is 3.82. The van der Waals surface area contributed by atoms with Crippen LogP contribution in [0.4, 0.5) is 0 Å². The highest BCUT2D eigenvalue weighted by Gasteiger charge is 2.06. The minimum absolute atomic E-state index is 0.174. The van der Waals surface area contributed by atoms with E-state index in [0.717, 1.165) is 29.1 Å². The van der Waals surface area contributed by atoms with Gasteiger partial charge in [-0.2, -0.15) is 0 Å². The van der Waals surface area contributed by atoms with Crippen molar-refractivity contribution in [3.05, 3.63) is 39.7 Å². The molecule has 1 heterocycles. The molecule has 0 radical (unpaired) electrons. The molecule has 0 fully saturated rings. The first-order chi connectivity index (χ1) is 9.19. The SMILES string of the molecule is COC(=O)CCCc1nc(-c2cccc(Cl)c2)cs1. The van der Waals surface area contributed by atoms with Crippen molar-refractivity contribution in [3.63, 3.8) is 0 Å². The number of ether oxygens (including phenoxy) is 1. The fraction of sp³-hybridized carbons (Fsp3) is 0.286. The summed E-state index contributed by atoms with van der Waals surface area (Å²) in [6.07, 6.45) is 1.98. The Morgan fingerprint density at radius 2 is 2.32 bits per heavy atom. The molecule has 0 bridgehead atoms. The second-order valence-electron chi connectivity index (χ2n) is 4.07. The number of thiazole rings is 1. The van der Waals surface area contributed by atoms with Gasteiger partial charge in [-0.15, -0.1) is 11.3 Å². The number of methoxy groups -OCH3 is 1. The monoisotopic (exact) mass is 295 g/mol.